The van der Waals surface area contributed by atoms with Crippen LogP contribution in [-0.2, 0) is 0 Å². The number of hydrazone groups is 1. The van der Waals surface area contributed by atoms with Crippen LogP contribution in [0.1, 0.15) is 5.56 Å². The van der Waals surface area contributed by atoms with Gasteiger partial charge in [-0.1, -0.05) is 24.3 Å². The SMILES string of the molecule is O=[N+]([O-])c1ccccc1C=NNc1ncnc2ccccc12. The zero-order valence-electron chi connectivity index (χ0n) is 11.4. The molecule has 7 heteroatoms. The van der Waals surface area contributed by atoms with Gasteiger partial charge in [0.1, 0.15) is 6.33 Å². The summed E-state index contributed by atoms with van der Waals surface area (Å²) in [5.41, 5.74) is 4.01. The predicted octanol–water partition coefficient (Wildman–Crippen LogP) is 2.98. The number of para-hydroxylation sites is 2. The van der Waals surface area contributed by atoms with Crippen molar-refractivity contribution >= 4 is 28.6 Å². The molecule has 1 N–H and O–H groups in total. The maximum absolute atomic E-state index is 10.9. The summed E-state index contributed by atoms with van der Waals surface area (Å²) in [4.78, 5) is 18.8. The summed E-state index contributed by atoms with van der Waals surface area (Å²) in [7, 11) is 0. The molecule has 0 saturated carbocycles. The van der Waals surface area contributed by atoms with E-state index in [0.717, 1.165) is 10.9 Å². The third kappa shape index (κ3) is 2.73. The molecule has 0 fully saturated rings. The molecule has 1 heterocycles. The highest BCUT2D eigenvalue weighted by molar-refractivity contribution is 5.90. The van der Waals surface area contributed by atoms with Crippen molar-refractivity contribution in [1.82, 2.24) is 9.97 Å². The molecule has 0 saturated heterocycles. The van der Waals surface area contributed by atoms with E-state index in [4.69, 9.17) is 0 Å². The maximum Gasteiger partial charge on any atom is 0.278 e. The Hall–Kier alpha value is -3.35. The van der Waals surface area contributed by atoms with Crippen LogP contribution in [-0.4, -0.2) is 21.1 Å². The van der Waals surface area contributed by atoms with Crippen molar-refractivity contribution in [1.29, 1.82) is 0 Å². The van der Waals surface area contributed by atoms with Gasteiger partial charge >= 0.3 is 0 Å². The molecule has 0 atom stereocenters. The molecular formula is C15H11N5O2. The number of nitro benzene ring substituents is 1. The molecule has 0 spiro atoms. The van der Waals surface area contributed by atoms with Gasteiger partial charge in [-0.05, 0) is 18.2 Å². The number of hydrogen-bond donors (Lipinski definition) is 1. The third-order valence-electron chi connectivity index (χ3n) is 3.05. The summed E-state index contributed by atoms with van der Waals surface area (Å²) in [6.07, 6.45) is 2.83. The van der Waals surface area contributed by atoms with E-state index in [0.29, 0.717) is 11.4 Å². The lowest BCUT2D eigenvalue weighted by Gasteiger charge is -2.03. The number of nitrogens with one attached hydrogen (secondary N) is 1. The topological polar surface area (TPSA) is 93.3 Å². The van der Waals surface area contributed by atoms with Crippen LogP contribution in [0.25, 0.3) is 10.9 Å². The van der Waals surface area contributed by atoms with Gasteiger partial charge in [-0.2, -0.15) is 5.10 Å². The van der Waals surface area contributed by atoms with Crippen molar-refractivity contribution in [3.05, 3.63) is 70.5 Å². The molecule has 22 heavy (non-hydrogen) atoms. The molecule has 0 bridgehead atoms. The van der Waals surface area contributed by atoms with Gasteiger partial charge < -0.3 is 0 Å². The highest BCUT2D eigenvalue weighted by atomic mass is 16.6. The summed E-state index contributed by atoms with van der Waals surface area (Å²) in [6, 6.07) is 13.9. The molecule has 0 unspecified atom stereocenters. The lowest BCUT2D eigenvalue weighted by molar-refractivity contribution is -0.385. The van der Waals surface area contributed by atoms with Crippen LogP contribution in [0.15, 0.2) is 60.0 Å². The van der Waals surface area contributed by atoms with Crippen LogP contribution in [0.2, 0.25) is 0 Å². The first kappa shape index (κ1) is 13.6. The largest absolute Gasteiger partial charge is 0.278 e. The molecule has 7 nitrogen and oxygen atoms in total. The average molecular weight is 293 g/mol. The fourth-order valence-corrected chi connectivity index (χ4v) is 2.02. The number of benzene rings is 2. The molecule has 1 aromatic heterocycles. The number of rotatable bonds is 4. The molecule has 3 aromatic rings. The van der Waals surface area contributed by atoms with Crippen LogP contribution in [0.5, 0.6) is 0 Å². The van der Waals surface area contributed by atoms with E-state index in [2.05, 4.69) is 20.5 Å². The van der Waals surface area contributed by atoms with Crippen molar-refractivity contribution in [2.24, 2.45) is 5.10 Å². The van der Waals surface area contributed by atoms with Crippen LogP contribution in [0.3, 0.4) is 0 Å². The lowest BCUT2D eigenvalue weighted by Crippen LogP contribution is -1.98. The molecule has 0 aliphatic carbocycles. The van der Waals surface area contributed by atoms with Crippen molar-refractivity contribution in [2.75, 3.05) is 5.43 Å². The Balaban J connectivity index is 1.87. The first-order valence-corrected chi connectivity index (χ1v) is 6.48. The highest BCUT2D eigenvalue weighted by Crippen LogP contribution is 2.19. The predicted molar refractivity (Wildman–Crippen MR) is 83.9 cm³/mol. The summed E-state index contributed by atoms with van der Waals surface area (Å²) in [6.45, 7) is 0. The van der Waals surface area contributed by atoms with Gasteiger partial charge in [0.2, 0.25) is 0 Å². The van der Waals surface area contributed by atoms with Crippen molar-refractivity contribution in [3.8, 4) is 0 Å². The monoisotopic (exact) mass is 293 g/mol. The van der Waals surface area contributed by atoms with Crippen molar-refractivity contribution in [3.63, 3.8) is 0 Å². The highest BCUT2D eigenvalue weighted by Gasteiger charge is 2.09. The number of nitro groups is 1. The molecule has 108 valence electrons. The zero-order chi connectivity index (χ0) is 15.4. The molecule has 0 aliphatic rings. The van der Waals surface area contributed by atoms with Crippen LogP contribution in [0.4, 0.5) is 11.5 Å². The standard InChI is InChI=1S/C15H11N5O2/c21-20(22)14-8-4-1-5-11(14)9-18-19-15-12-6-2-3-7-13(12)16-10-17-15/h1-10H,(H,16,17,19). The summed E-state index contributed by atoms with van der Waals surface area (Å²) >= 11 is 0. The second-order valence-electron chi connectivity index (χ2n) is 4.43. The fraction of sp³-hybridized carbons (Fsp3) is 0. The number of aromatic nitrogens is 2. The molecule has 0 radical (unpaired) electrons. The Morgan fingerprint density at radius 3 is 2.73 bits per heavy atom. The van der Waals surface area contributed by atoms with Gasteiger partial charge in [0.15, 0.2) is 5.82 Å². The Bertz CT molecular complexity index is 858. The smallest absolute Gasteiger partial charge is 0.261 e. The van der Waals surface area contributed by atoms with Crippen LogP contribution >= 0.6 is 0 Å². The van der Waals surface area contributed by atoms with E-state index >= 15 is 0 Å². The Labute approximate surface area is 125 Å². The van der Waals surface area contributed by atoms with E-state index in [1.807, 2.05) is 24.3 Å². The second-order valence-corrected chi connectivity index (χ2v) is 4.43. The average Bonchev–Trinajstić information content (AvgIpc) is 2.55. The quantitative estimate of drug-likeness (QED) is 0.453. The molecule has 0 aliphatic heterocycles. The first-order valence-electron chi connectivity index (χ1n) is 6.48. The Morgan fingerprint density at radius 1 is 1.09 bits per heavy atom. The van der Waals surface area contributed by atoms with Gasteiger partial charge in [0.25, 0.3) is 5.69 Å². The fourth-order valence-electron chi connectivity index (χ4n) is 2.02. The van der Waals surface area contributed by atoms with Gasteiger partial charge in [-0.15, -0.1) is 0 Å². The van der Waals surface area contributed by atoms with Gasteiger partial charge in [0, 0.05) is 11.5 Å². The second kappa shape index (κ2) is 5.96. The van der Waals surface area contributed by atoms with E-state index in [1.165, 1.54) is 18.6 Å². The Morgan fingerprint density at radius 2 is 1.86 bits per heavy atom. The maximum atomic E-state index is 10.9. The first-order chi connectivity index (χ1) is 10.8. The van der Waals surface area contributed by atoms with E-state index < -0.39 is 4.92 Å². The number of nitrogens with zero attached hydrogens (tertiary/aromatic N) is 4. The van der Waals surface area contributed by atoms with E-state index in [1.54, 1.807) is 18.2 Å². The molecule has 2 aromatic carbocycles. The minimum Gasteiger partial charge on any atom is -0.261 e. The third-order valence-corrected chi connectivity index (χ3v) is 3.05. The summed E-state index contributed by atoms with van der Waals surface area (Å²) in [5.74, 6) is 0.542. The molecule has 3 rings (SSSR count). The molecule has 0 amide bonds. The van der Waals surface area contributed by atoms with Crippen LogP contribution < -0.4 is 5.43 Å². The number of anilines is 1. The van der Waals surface area contributed by atoms with E-state index in [9.17, 15) is 10.1 Å². The van der Waals surface area contributed by atoms with Crippen molar-refractivity contribution in [2.45, 2.75) is 0 Å². The Kier molecular flexibility index (Phi) is 3.69. The van der Waals surface area contributed by atoms with Gasteiger partial charge in [-0.25, -0.2) is 9.97 Å². The van der Waals surface area contributed by atoms with Gasteiger partial charge in [0.05, 0.1) is 22.2 Å². The summed E-state index contributed by atoms with van der Waals surface area (Å²) < 4.78 is 0. The molecular weight excluding hydrogens is 282 g/mol. The van der Waals surface area contributed by atoms with E-state index in [-0.39, 0.29) is 5.69 Å². The zero-order valence-corrected chi connectivity index (χ0v) is 11.4. The number of fused-ring (bicyclic) bond motifs is 1. The van der Waals surface area contributed by atoms with Crippen molar-refractivity contribution < 1.29 is 4.92 Å². The van der Waals surface area contributed by atoms with Gasteiger partial charge in [-0.3, -0.25) is 15.5 Å². The normalized spacial score (nSPS) is 10.9. The minimum absolute atomic E-state index is 0.000551. The minimum atomic E-state index is -0.443. The van der Waals surface area contributed by atoms with Crippen LogP contribution in [0, 0.1) is 10.1 Å². The number of hydrogen-bond acceptors (Lipinski definition) is 6. The summed E-state index contributed by atoms with van der Waals surface area (Å²) in [5, 5.41) is 15.8. The lowest BCUT2D eigenvalue weighted by atomic mass is 10.2.